The predicted molar refractivity (Wildman–Crippen MR) is 87.2 cm³/mol. The van der Waals surface area contributed by atoms with Crippen LogP contribution in [0.15, 0.2) is 0 Å². The minimum atomic E-state index is 0.475. The Morgan fingerprint density at radius 3 is 2.71 bits per heavy atom. The Morgan fingerprint density at radius 1 is 1.29 bits per heavy atom. The second kappa shape index (κ2) is 5.82. The van der Waals surface area contributed by atoms with Crippen LogP contribution in [-0.2, 0) is 6.42 Å². The van der Waals surface area contributed by atoms with E-state index in [1.54, 1.807) is 0 Å². The van der Waals surface area contributed by atoms with Gasteiger partial charge in [0.15, 0.2) is 0 Å². The molecule has 3 N–H and O–H groups in total. The molecule has 116 valence electrons. The van der Waals surface area contributed by atoms with Gasteiger partial charge in [-0.3, -0.25) is 0 Å². The highest BCUT2D eigenvalue weighted by molar-refractivity contribution is 5.55. The fraction of sp³-hybridized carbons (Fsp3) is 0.765. The number of hydrogen-bond donors (Lipinski definition) is 2. The van der Waals surface area contributed by atoms with Crippen LogP contribution in [0.25, 0.3) is 0 Å². The van der Waals surface area contributed by atoms with Crippen LogP contribution in [0.3, 0.4) is 0 Å². The summed E-state index contributed by atoms with van der Waals surface area (Å²) < 4.78 is 0. The third-order valence-corrected chi connectivity index (χ3v) is 5.50. The van der Waals surface area contributed by atoms with Crippen molar-refractivity contribution in [2.45, 2.75) is 65.3 Å². The molecule has 2 aliphatic carbocycles. The molecule has 0 radical (unpaired) electrons. The Bertz CT molecular complexity index is 514. The number of nitrogen functional groups attached to an aromatic ring is 1. The molecule has 4 unspecified atom stereocenters. The maximum atomic E-state index is 6.05. The summed E-state index contributed by atoms with van der Waals surface area (Å²) in [6.45, 7) is 6.47. The number of anilines is 2. The molecular formula is C17H28N4. The van der Waals surface area contributed by atoms with Crippen LogP contribution in [-0.4, -0.2) is 16.0 Å². The monoisotopic (exact) mass is 288 g/mol. The van der Waals surface area contributed by atoms with Gasteiger partial charge in [-0.05, 0) is 57.3 Å². The molecule has 2 bridgehead atoms. The molecule has 2 fully saturated rings. The van der Waals surface area contributed by atoms with Crippen molar-refractivity contribution in [3.8, 4) is 0 Å². The molecule has 21 heavy (non-hydrogen) atoms. The highest BCUT2D eigenvalue weighted by Crippen LogP contribution is 2.49. The van der Waals surface area contributed by atoms with E-state index in [-0.39, 0.29) is 0 Å². The van der Waals surface area contributed by atoms with Gasteiger partial charge in [-0.25, -0.2) is 9.97 Å². The standard InChI is InChI=1S/C17H28N4/c1-4-5-15-20-16(18)10(2)17(21-15)19-11(3)14-9-12-6-7-13(14)8-12/h11-14H,4-9H2,1-3H3,(H3,18,19,20,21). The van der Waals surface area contributed by atoms with Crippen molar-refractivity contribution < 1.29 is 0 Å². The van der Waals surface area contributed by atoms with E-state index in [1.807, 2.05) is 6.92 Å². The van der Waals surface area contributed by atoms with Crippen molar-refractivity contribution in [1.82, 2.24) is 9.97 Å². The minimum Gasteiger partial charge on any atom is -0.383 e. The Morgan fingerprint density at radius 2 is 2.10 bits per heavy atom. The Balaban J connectivity index is 1.74. The smallest absolute Gasteiger partial charge is 0.134 e. The summed E-state index contributed by atoms with van der Waals surface area (Å²) >= 11 is 0. The predicted octanol–water partition coefficient (Wildman–Crippen LogP) is 3.56. The van der Waals surface area contributed by atoms with Crippen LogP contribution in [0.2, 0.25) is 0 Å². The molecular weight excluding hydrogens is 260 g/mol. The van der Waals surface area contributed by atoms with Crippen molar-refractivity contribution in [1.29, 1.82) is 0 Å². The van der Waals surface area contributed by atoms with Gasteiger partial charge in [0.2, 0.25) is 0 Å². The molecule has 2 aliphatic rings. The highest BCUT2D eigenvalue weighted by Gasteiger charge is 2.41. The lowest BCUT2D eigenvalue weighted by atomic mass is 9.84. The van der Waals surface area contributed by atoms with E-state index in [0.717, 1.165) is 47.8 Å². The van der Waals surface area contributed by atoms with Gasteiger partial charge in [-0.2, -0.15) is 0 Å². The molecule has 0 aliphatic heterocycles. The summed E-state index contributed by atoms with van der Waals surface area (Å²) in [4.78, 5) is 9.09. The number of nitrogens with two attached hydrogens (primary N) is 1. The first-order valence-corrected chi connectivity index (χ1v) is 8.48. The summed E-state index contributed by atoms with van der Waals surface area (Å²) in [6.07, 6.45) is 7.65. The van der Waals surface area contributed by atoms with Crippen molar-refractivity contribution in [3.63, 3.8) is 0 Å². The number of aryl methyl sites for hydroxylation is 1. The summed E-state index contributed by atoms with van der Waals surface area (Å²) in [5.74, 6) is 5.14. The molecule has 0 saturated heterocycles. The summed E-state index contributed by atoms with van der Waals surface area (Å²) in [7, 11) is 0. The molecule has 2 saturated carbocycles. The minimum absolute atomic E-state index is 0.475. The normalized spacial score (nSPS) is 28.8. The van der Waals surface area contributed by atoms with Crippen LogP contribution in [0, 0.1) is 24.7 Å². The third-order valence-electron chi connectivity index (χ3n) is 5.50. The third kappa shape index (κ3) is 2.85. The first-order valence-electron chi connectivity index (χ1n) is 8.48. The SMILES string of the molecule is CCCc1nc(N)c(C)c(NC(C)C2CC3CCC2C3)n1. The first kappa shape index (κ1) is 14.6. The molecule has 0 amide bonds. The van der Waals surface area contributed by atoms with Crippen LogP contribution in [0.4, 0.5) is 11.6 Å². The van der Waals surface area contributed by atoms with Crippen LogP contribution >= 0.6 is 0 Å². The van der Waals surface area contributed by atoms with Gasteiger partial charge in [-0.15, -0.1) is 0 Å². The average Bonchev–Trinajstić information content (AvgIpc) is 3.07. The molecule has 1 aromatic heterocycles. The van der Waals surface area contributed by atoms with E-state index < -0.39 is 0 Å². The lowest BCUT2D eigenvalue weighted by Crippen LogP contribution is -2.31. The lowest BCUT2D eigenvalue weighted by molar-refractivity contribution is 0.304. The second-order valence-corrected chi connectivity index (χ2v) is 7.02. The number of hydrogen-bond acceptors (Lipinski definition) is 4. The van der Waals surface area contributed by atoms with Gasteiger partial charge in [0.05, 0.1) is 0 Å². The summed E-state index contributed by atoms with van der Waals surface area (Å²) in [6, 6.07) is 0.475. The van der Waals surface area contributed by atoms with Gasteiger partial charge in [0.1, 0.15) is 17.5 Å². The first-order chi connectivity index (χ1) is 10.1. The zero-order valence-electron chi connectivity index (χ0n) is 13.5. The van der Waals surface area contributed by atoms with Crippen LogP contribution < -0.4 is 11.1 Å². The molecule has 3 rings (SSSR count). The van der Waals surface area contributed by atoms with Crippen LogP contribution in [0.5, 0.6) is 0 Å². The Hall–Kier alpha value is -1.32. The van der Waals surface area contributed by atoms with Crippen molar-refractivity contribution in [2.24, 2.45) is 17.8 Å². The van der Waals surface area contributed by atoms with Gasteiger partial charge in [0, 0.05) is 18.0 Å². The number of nitrogens with zero attached hydrogens (tertiary/aromatic N) is 2. The van der Waals surface area contributed by atoms with E-state index in [2.05, 4.69) is 24.1 Å². The van der Waals surface area contributed by atoms with E-state index in [0.29, 0.717) is 11.9 Å². The average molecular weight is 288 g/mol. The largest absolute Gasteiger partial charge is 0.383 e. The van der Waals surface area contributed by atoms with Crippen molar-refractivity contribution in [3.05, 3.63) is 11.4 Å². The fourth-order valence-electron chi connectivity index (χ4n) is 4.29. The molecule has 4 heteroatoms. The number of fused-ring (bicyclic) bond motifs is 2. The molecule has 0 aromatic carbocycles. The van der Waals surface area contributed by atoms with Crippen molar-refractivity contribution >= 4 is 11.6 Å². The van der Waals surface area contributed by atoms with Gasteiger partial charge < -0.3 is 11.1 Å². The van der Waals surface area contributed by atoms with E-state index in [4.69, 9.17) is 10.7 Å². The maximum Gasteiger partial charge on any atom is 0.134 e. The van der Waals surface area contributed by atoms with Gasteiger partial charge in [-0.1, -0.05) is 13.3 Å². The Labute approximate surface area is 127 Å². The topological polar surface area (TPSA) is 63.8 Å². The number of nitrogens with one attached hydrogen (secondary N) is 1. The summed E-state index contributed by atoms with van der Waals surface area (Å²) in [5.41, 5.74) is 7.04. The molecule has 0 spiro atoms. The number of aromatic nitrogens is 2. The second-order valence-electron chi connectivity index (χ2n) is 7.02. The highest BCUT2D eigenvalue weighted by atomic mass is 15.1. The number of rotatable bonds is 5. The molecule has 4 atom stereocenters. The van der Waals surface area contributed by atoms with E-state index >= 15 is 0 Å². The van der Waals surface area contributed by atoms with Gasteiger partial charge in [0.25, 0.3) is 0 Å². The van der Waals surface area contributed by atoms with Gasteiger partial charge >= 0.3 is 0 Å². The van der Waals surface area contributed by atoms with Crippen LogP contribution in [0.1, 0.15) is 57.3 Å². The van der Waals surface area contributed by atoms with E-state index in [9.17, 15) is 0 Å². The molecule has 1 heterocycles. The summed E-state index contributed by atoms with van der Waals surface area (Å²) in [5, 5.41) is 3.65. The lowest BCUT2D eigenvalue weighted by Gasteiger charge is -2.29. The molecule has 1 aromatic rings. The zero-order valence-corrected chi connectivity index (χ0v) is 13.5. The zero-order chi connectivity index (χ0) is 15.0. The maximum absolute atomic E-state index is 6.05. The molecule has 4 nitrogen and oxygen atoms in total. The van der Waals surface area contributed by atoms with Crippen molar-refractivity contribution in [2.75, 3.05) is 11.1 Å². The quantitative estimate of drug-likeness (QED) is 0.869. The van der Waals surface area contributed by atoms with E-state index in [1.165, 1.54) is 25.7 Å². The fourth-order valence-corrected chi connectivity index (χ4v) is 4.29. The Kier molecular flexibility index (Phi) is 4.05.